The molecule has 18 heavy (non-hydrogen) atoms. The number of nitrogens with zero attached hydrogens (tertiary/aromatic N) is 1. The summed E-state index contributed by atoms with van der Waals surface area (Å²) in [6.07, 6.45) is 0. The molecule has 3 nitrogen and oxygen atoms in total. The number of hydrogen-bond donors (Lipinski definition) is 0. The Morgan fingerprint density at radius 1 is 1.06 bits per heavy atom. The van der Waals surface area contributed by atoms with Crippen molar-refractivity contribution in [3.8, 4) is 0 Å². The number of methoxy groups -OCH3 is 2. The second-order valence-corrected chi connectivity index (χ2v) is 4.69. The van der Waals surface area contributed by atoms with Crippen LogP contribution in [0.3, 0.4) is 0 Å². The maximum Gasteiger partial charge on any atom is 0.0712 e. The second kappa shape index (κ2) is 9.34. The molecular formula is C14H22ClNO2. The average molecular weight is 272 g/mol. The van der Waals surface area contributed by atoms with Crippen molar-refractivity contribution in [2.75, 3.05) is 47.1 Å². The Morgan fingerprint density at radius 2 is 1.61 bits per heavy atom. The minimum atomic E-state index is -0.0000813. The van der Waals surface area contributed by atoms with Crippen LogP contribution in [0.5, 0.6) is 0 Å². The number of hydrogen-bond acceptors (Lipinski definition) is 3. The first-order valence-electron chi connectivity index (χ1n) is 6.17. The Kier molecular flexibility index (Phi) is 8.01. The molecule has 4 heteroatoms. The fourth-order valence-electron chi connectivity index (χ4n) is 1.73. The average Bonchev–Trinajstić information content (AvgIpc) is 2.42. The first kappa shape index (κ1) is 15.4. The standard InChI is InChI=1S/C14H22ClNO2/c1-17-10-8-16(9-11-18-2)12-14(15)13-6-4-3-5-7-13/h3-7,14H,8-12H2,1-2H3. The van der Waals surface area contributed by atoms with Crippen LogP contribution in [0.25, 0.3) is 0 Å². The van der Waals surface area contributed by atoms with E-state index in [1.165, 1.54) is 0 Å². The third kappa shape index (κ3) is 5.83. The van der Waals surface area contributed by atoms with Gasteiger partial charge in [-0.15, -0.1) is 11.6 Å². The van der Waals surface area contributed by atoms with Crippen molar-refractivity contribution >= 4 is 11.6 Å². The summed E-state index contributed by atoms with van der Waals surface area (Å²) in [4.78, 5) is 2.26. The molecule has 0 aliphatic rings. The lowest BCUT2D eigenvalue weighted by molar-refractivity contribution is 0.114. The number of alkyl halides is 1. The fraction of sp³-hybridized carbons (Fsp3) is 0.571. The Hall–Kier alpha value is -0.610. The smallest absolute Gasteiger partial charge is 0.0712 e. The lowest BCUT2D eigenvalue weighted by Gasteiger charge is -2.24. The van der Waals surface area contributed by atoms with Crippen molar-refractivity contribution in [1.82, 2.24) is 4.90 Å². The number of benzene rings is 1. The zero-order valence-corrected chi connectivity index (χ0v) is 11.9. The lowest BCUT2D eigenvalue weighted by Crippen LogP contribution is -2.33. The van der Waals surface area contributed by atoms with Crippen molar-refractivity contribution in [1.29, 1.82) is 0 Å². The van der Waals surface area contributed by atoms with Gasteiger partial charge in [0, 0.05) is 33.9 Å². The molecule has 1 aromatic rings. The summed E-state index contributed by atoms with van der Waals surface area (Å²) < 4.78 is 10.2. The van der Waals surface area contributed by atoms with Gasteiger partial charge in [0.1, 0.15) is 0 Å². The van der Waals surface area contributed by atoms with Crippen LogP contribution in [-0.4, -0.2) is 52.0 Å². The van der Waals surface area contributed by atoms with E-state index in [1.807, 2.05) is 18.2 Å². The maximum absolute atomic E-state index is 6.44. The molecule has 0 N–H and O–H groups in total. The van der Waals surface area contributed by atoms with Crippen molar-refractivity contribution in [3.05, 3.63) is 35.9 Å². The van der Waals surface area contributed by atoms with Gasteiger partial charge in [-0.1, -0.05) is 30.3 Å². The monoisotopic (exact) mass is 271 g/mol. The molecule has 0 bridgehead atoms. The van der Waals surface area contributed by atoms with Gasteiger partial charge in [0.15, 0.2) is 0 Å². The van der Waals surface area contributed by atoms with Gasteiger partial charge in [-0.3, -0.25) is 4.90 Å². The summed E-state index contributed by atoms with van der Waals surface area (Å²) in [6.45, 7) is 3.97. The van der Waals surface area contributed by atoms with E-state index in [-0.39, 0.29) is 5.38 Å². The van der Waals surface area contributed by atoms with Gasteiger partial charge < -0.3 is 9.47 Å². The van der Waals surface area contributed by atoms with E-state index in [1.54, 1.807) is 14.2 Å². The van der Waals surface area contributed by atoms with Crippen LogP contribution < -0.4 is 0 Å². The molecule has 0 spiro atoms. The highest BCUT2D eigenvalue weighted by Gasteiger charge is 2.13. The summed E-state index contributed by atoms with van der Waals surface area (Å²) in [5.74, 6) is 0. The van der Waals surface area contributed by atoms with Crippen LogP contribution in [0.4, 0.5) is 0 Å². The Morgan fingerprint density at radius 3 is 2.11 bits per heavy atom. The topological polar surface area (TPSA) is 21.7 Å². The van der Waals surface area contributed by atoms with Crippen molar-refractivity contribution in [3.63, 3.8) is 0 Å². The minimum Gasteiger partial charge on any atom is -0.383 e. The third-order valence-electron chi connectivity index (χ3n) is 2.80. The minimum absolute atomic E-state index is 0.0000813. The van der Waals surface area contributed by atoms with Gasteiger partial charge in [0.05, 0.1) is 18.6 Å². The Bertz CT molecular complexity index is 300. The molecule has 0 amide bonds. The number of ether oxygens (including phenoxy) is 2. The normalized spacial score (nSPS) is 12.9. The first-order chi connectivity index (χ1) is 8.77. The van der Waals surface area contributed by atoms with Gasteiger partial charge in [-0.05, 0) is 5.56 Å². The van der Waals surface area contributed by atoms with Gasteiger partial charge in [-0.2, -0.15) is 0 Å². The summed E-state index contributed by atoms with van der Waals surface area (Å²) in [6, 6.07) is 10.1. The molecule has 0 radical (unpaired) electrons. The zero-order valence-electron chi connectivity index (χ0n) is 11.1. The lowest BCUT2D eigenvalue weighted by atomic mass is 10.1. The van der Waals surface area contributed by atoms with E-state index in [0.717, 1.165) is 25.2 Å². The summed E-state index contributed by atoms with van der Waals surface area (Å²) >= 11 is 6.44. The molecule has 1 rings (SSSR count). The zero-order chi connectivity index (χ0) is 13.2. The van der Waals surface area contributed by atoms with Gasteiger partial charge in [0.25, 0.3) is 0 Å². The van der Waals surface area contributed by atoms with Crippen molar-refractivity contribution in [2.24, 2.45) is 0 Å². The number of rotatable bonds is 9. The van der Waals surface area contributed by atoms with Crippen LogP contribution >= 0.6 is 11.6 Å². The Balaban J connectivity index is 2.47. The molecule has 0 aliphatic carbocycles. The van der Waals surface area contributed by atoms with E-state index in [4.69, 9.17) is 21.1 Å². The molecule has 0 aliphatic heterocycles. The third-order valence-corrected chi connectivity index (χ3v) is 3.19. The maximum atomic E-state index is 6.44. The van der Waals surface area contributed by atoms with Crippen molar-refractivity contribution < 1.29 is 9.47 Å². The van der Waals surface area contributed by atoms with Crippen LogP contribution in [0.2, 0.25) is 0 Å². The second-order valence-electron chi connectivity index (χ2n) is 4.16. The summed E-state index contributed by atoms with van der Waals surface area (Å²) in [5.41, 5.74) is 1.15. The van der Waals surface area contributed by atoms with E-state index >= 15 is 0 Å². The Labute approximate surface area is 115 Å². The molecule has 0 aromatic heterocycles. The molecule has 1 unspecified atom stereocenters. The van der Waals surface area contributed by atoms with E-state index in [0.29, 0.717) is 13.2 Å². The molecule has 1 aromatic carbocycles. The predicted molar refractivity (Wildman–Crippen MR) is 75.2 cm³/mol. The number of halogens is 1. The highest BCUT2D eigenvalue weighted by Crippen LogP contribution is 2.20. The molecule has 1 atom stereocenters. The predicted octanol–water partition coefficient (Wildman–Crippen LogP) is 2.56. The van der Waals surface area contributed by atoms with Gasteiger partial charge in [0.2, 0.25) is 0 Å². The molecular weight excluding hydrogens is 250 g/mol. The SMILES string of the molecule is COCCN(CCOC)CC(Cl)c1ccccc1. The first-order valence-corrected chi connectivity index (χ1v) is 6.60. The van der Waals surface area contributed by atoms with E-state index < -0.39 is 0 Å². The van der Waals surface area contributed by atoms with Gasteiger partial charge >= 0.3 is 0 Å². The largest absolute Gasteiger partial charge is 0.383 e. The van der Waals surface area contributed by atoms with E-state index in [2.05, 4.69) is 17.0 Å². The van der Waals surface area contributed by atoms with Crippen LogP contribution in [-0.2, 0) is 9.47 Å². The molecule has 0 fully saturated rings. The van der Waals surface area contributed by atoms with Gasteiger partial charge in [-0.25, -0.2) is 0 Å². The molecule has 0 saturated heterocycles. The van der Waals surface area contributed by atoms with Crippen LogP contribution in [0.15, 0.2) is 30.3 Å². The molecule has 0 heterocycles. The highest BCUT2D eigenvalue weighted by atomic mass is 35.5. The molecule has 102 valence electrons. The van der Waals surface area contributed by atoms with Crippen LogP contribution in [0, 0.1) is 0 Å². The molecule has 0 saturated carbocycles. The van der Waals surface area contributed by atoms with Crippen LogP contribution in [0.1, 0.15) is 10.9 Å². The fourth-order valence-corrected chi connectivity index (χ4v) is 2.07. The van der Waals surface area contributed by atoms with Crippen molar-refractivity contribution in [2.45, 2.75) is 5.38 Å². The quantitative estimate of drug-likeness (QED) is 0.645. The highest BCUT2D eigenvalue weighted by molar-refractivity contribution is 6.21. The van der Waals surface area contributed by atoms with E-state index in [9.17, 15) is 0 Å². The summed E-state index contributed by atoms with van der Waals surface area (Å²) in [7, 11) is 3.42. The summed E-state index contributed by atoms with van der Waals surface area (Å²) in [5, 5.41) is -0.0000813.